The summed E-state index contributed by atoms with van der Waals surface area (Å²) in [4.78, 5) is 0. The summed E-state index contributed by atoms with van der Waals surface area (Å²) in [5.41, 5.74) is 1.39. The van der Waals surface area contributed by atoms with Crippen LogP contribution in [-0.2, 0) is 13.1 Å². The van der Waals surface area contributed by atoms with Crippen LogP contribution in [0.15, 0.2) is 18.3 Å². The Bertz CT molecular complexity index is 270. The van der Waals surface area contributed by atoms with Crippen LogP contribution < -0.4 is 5.32 Å². The van der Waals surface area contributed by atoms with Crippen molar-refractivity contribution in [1.29, 1.82) is 0 Å². The van der Waals surface area contributed by atoms with Crippen molar-refractivity contribution in [1.82, 2.24) is 9.88 Å². The molecule has 0 fully saturated rings. The van der Waals surface area contributed by atoms with Crippen LogP contribution in [0.25, 0.3) is 0 Å². The Morgan fingerprint density at radius 2 is 2.33 bits per heavy atom. The van der Waals surface area contributed by atoms with Gasteiger partial charge in [0.1, 0.15) is 0 Å². The van der Waals surface area contributed by atoms with E-state index in [1.807, 2.05) is 11.8 Å². The molecule has 0 radical (unpaired) electrons. The van der Waals surface area contributed by atoms with Gasteiger partial charge in [0.2, 0.25) is 0 Å². The SMILES string of the molecule is CCCn1cccc1CNC(C)CSC. The van der Waals surface area contributed by atoms with Gasteiger partial charge in [0.15, 0.2) is 0 Å². The molecule has 0 saturated carbocycles. The average molecular weight is 226 g/mol. The lowest BCUT2D eigenvalue weighted by Gasteiger charge is -2.14. The first kappa shape index (κ1) is 12.7. The zero-order valence-electron chi connectivity index (χ0n) is 9.99. The van der Waals surface area contributed by atoms with E-state index >= 15 is 0 Å². The average Bonchev–Trinajstić information content (AvgIpc) is 2.64. The van der Waals surface area contributed by atoms with Gasteiger partial charge in [0.05, 0.1) is 0 Å². The lowest BCUT2D eigenvalue weighted by molar-refractivity contribution is 0.556. The van der Waals surface area contributed by atoms with Crippen LogP contribution >= 0.6 is 11.8 Å². The maximum Gasteiger partial charge on any atom is 0.0361 e. The Kier molecular flexibility index (Phi) is 5.88. The fourth-order valence-corrected chi connectivity index (χ4v) is 2.27. The maximum atomic E-state index is 3.54. The fraction of sp³-hybridized carbons (Fsp3) is 0.667. The van der Waals surface area contributed by atoms with Crippen molar-refractivity contribution in [3.05, 3.63) is 24.0 Å². The molecule has 0 aliphatic rings. The van der Waals surface area contributed by atoms with Gasteiger partial charge in [-0.05, 0) is 31.7 Å². The molecule has 0 aliphatic carbocycles. The van der Waals surface area contributed by atoms with Crippen LogP contribution in [0.2, 0.25) is 0 Å². The molecule has 1 aromatic rings. The molecular weight excluding hydrogens is 204 g/mol. The van der Waals surface area contributed by atoms with Gasteiger partial charge >= 0.3 is 0 Å². The summed E-state index contributed by atoms with van der Waals surface area (Å²) in [6, 6.07) is 4.92. The van der Waals surface area contributed by atoms with Crippen LogP contribution in [0.3, 0.4) is 0 Å². The third-order valence-electron chi connectivity index (χ3n) is 2.44. The molecule has 0 bridgehead atoms. The zero-order valence-corrected chi connectivity index (χ0v) is 10.8. The Morgan fingerprint density at radius 3 is 3.00 bits per heavy atom. The predicted molar refractivity (Wildman–Crippen MR) is 69.4 cm³/mol. The van der Waals surface area contributed by atoms with Crippen molar-refractivity contribution in [3.63, 3.8) is 0 Å². The number of nitrogens with one attached hydrogen (secondary N) is 1. The van der Waals surface area contributed by atoms with Gasteiger partial charge in [0, 0.05) is 36.8 Å². The summed E-state index contributed by atoms with van der Waals surface area (Å²) in [6.07, 6.45) is 5.51. The fourth-order valence-electron chi connectivity index (χ4n) is 1.66. The molecule has 1 heterocycles. The highest BCUT2D eigenvalue weighted by atomic mass is 32.2. The summed E-state index contributed by atoms with van der Waals surface area (Å²) in [5, 5.41) is 3.54. The molecule has 1 N–H and O–H groups in total. The predicted octanol–water partition coefficient (Wildman–Crippen LogP) is 2.74. The van der Waals surface area contributed by atoms with Gasteiger partial charge < -0.3 is 9.88 Å². The molecular formula is C12H22N2S. The second kappa shape index (κ2) is 6.96. The molecule has 86 valence electrons. The molecule has 0 saturated heterocycles. The molecule has 2 nitrogen and oxygen atoms in total. The van der Waals surface area contributed by atoms with E-state index < -0.39 is 0 Å². The van der Waals surface area contributed by atoms with Crippen LogP contribution in [-0.4, -0.2) is 22.6 Å². The first-order chi connectivity index (χ1) is 7.27. The molecule has 0 amide bonds. The molecule has 0 aliphatic heterocycles. The van der Waals surface area contributed by atoms with Gasteiger partial charge in [-0.25, -0.2) is 0 Å². The van der Waals surface area contributed by atoms with Crippen molar-refractivity contribution in [2.24, 2.45) is 0 Å². The molecule has 1 rings (SSSR count). The number of aromatic nitrogens is 1. The largest absolute Gasteiger partial charge is 0.350 e. The minimum absolute atomic E-state index is 0.588. The molecule has 3 heteroatoms. The summed E-state index contributed by atoms with van der Waals surface area (Å²) in [7, 11) is 0. The normalized spacial score (nSPS) is 13.0. The second-order valence-electron chi connectivity index (χ2n) is 3.93. The highest BCUT2D eigenvalue weighted by Crippen LogP contribution is 2.04. The molecule has 0 aromatic carbocycles. The Labute approximate surface area is 97.4 Å². The van der Waals surface area contributed by atoms with E-state index in [1.165, 1.54) is 17.9 Å². The van der Waals surface area contributed by atoms with Crippen LogP contribution in [0, 0.1) is 0 Å². The molecule has 1 aromatic heterocycles. The minimum Gasteiger partial charge on any atom is -0.350 e. The van der Waals surface area contributed by atoms with E-state index in [0.29, 0.717) is 6.04 Å². The second-order valence-corrected chi connectivity index (χ2v) is 4.84. The number of hydrogen-bond donors (Lipinski definition) is 1. The maximum absolute atomic E-state index is 3.54. The topological polar surface area (TPSA) is 17.0 Å². The molecule has 0 spiro atoms. The van der Waals surface area contributed by atoms with Gasteiger partial charge in [-0.15, -0.1) is 0 Å². The Balaban J connectivity index is 2.39. The number of nitrogens with zero attached hydrogens (tertiary/aromatic N) is 1. The van der Waals surface area contributed by atoms with E-state index in [0.717, 1.165) is 13.1 Å². The minimum atomic E-state index is 0.588. The smallest absolute Gasteiger partial charge is 0.0361 e. The first-order valence-electron chi connectivity index (χ1n) is 5.64. The highest BCUT2D eigenvalue weighted by molar-refractivity contribution is 7.98. The summed E-state index contributed by atoms with van der Waals surface area (Å²) in [5.74, 6) is 1.18. The van der Waals surface area contributed by atoms with Gasteiger partial charge in [-0.1, -0.05) is 6.92 Å². The standard InChI is InChI=1S/C12H22N2S/c1-4-7-14-8-5-6-12(14)9-13-11(2)10-15-3/h5-6,8,11,13H,4,7,9-10H2,1-3H3. The number of aryl methyl sites for hydroxylation is 1. The van der Waals surface area contributed by atoms with Crippen molar-refractivity contribution in [2.75, 3.05) is 12.0 Å². The number of rotatable bonds is 7. The summed E-state index contributed by atoms with van der Waals surface area (Å²) < 4.78 is 2.33. The van der Waals surface area contributed by atoms with E-state index in [-0.39, 0.29) is 0 Å². The summed E-state index contributed by atoms with van der Waals surface area (Å²) >= 11 is 1.89. The molecule has 1 atom stereocenters. The Hall–Kier alpha value is -0.410. The zero-order chi connectivity index (χ0) is 11.1. The van der Waals surface area contributed by atoms with E-state index in [1.54, 1.807) is 0 Å². The monoisotopic (exact) mass is 226 g/mol. The third kappa shape index (κ3) is 4.31. The highest BCUT2D eigenvalue weighted by Gasteiger charge is 2.03. The van der Waals surface area contributed by atoms with Crippen molar-refractivity contribution >= 4 is 11.8 Å². The van der Waals surface area contributed by atoms with E-state index in [9.17, 15) is 0 Å². The quantitative estimate of drug-likeness (QED) is 0.770. The van der Waals surface area contributed by atoms with Gasteiger partial charge in [-0.2, -0.15) is 11.8 Å². The number of thioether (sulfide) groups is 1. The lowest BCUT2D eigenvalue weighted by atomic mass is 10.3. The van der Waals surface area contributed by atoms with Gasteiger partial charge in [-0.3, -0.25) is 0 Å². The van der Waals surface area contributed by atoms with Crippen molar-refractivity contribution in [2.45, 2.75) is 39.4 Å². The lowest BCUT2D eigenvalue weighted by Crippen LogP contribution is -2.28. The third-order valence-corrected chi connectivity index (χ3v) is 3.27. The van der Waals surface area contributed by atoms with Crippen LogP contribution in [0.5, 0.6) is 0 Å². The van der Waals surface area contributed by atoms with Crippen LogP contribution in [0.1, 0.15) is 26.0 Å². The van der Waals surface area contributed by atoms with E-state index in [2.05, 4.69) is 48.3 Å². The number of hydrogen-bond acceptors (Lipinski definition) is 2. The summed E-state index contributed by atoms with van der Waals surface area (Å²) in [6.45, 7) is 6.56. The van der Waals surface area contributed by atoms with E-state index in [4.69, 9.17) is 0 Å². The van der Waals surface area contributed by atoms with Crippen LogP contribution in [0.4, 0.5) is 0 Å². The molecule has 1 unspecified atom stereocenters. The first-order valence-corrected chi connectivity index (χ1v) is 7.03. The van der Waals surface area contributed by atoms with Crippen molar-refractivity contribution in [3.8, 4) is 0 Å². The van der Waals surface area contributed by atoms with Gasteiger partial charge in [0.25, 0.3) is 0 Å². The molecule has 15 heavy (non-hydrogen) atoms. The Morgan fingerprint density at radius 1 is 1.53 bits per heavy atom. The van der Waals surface area contributed by atoms with Crippen molar-refractivity contribution < 1.29 is 0 Å².